The number of rotatable bonds is 13. The Labute approximate surface area is 209 Å². The van der Waals surface area contributed by atoms with Crippen LogP contribution in [0.25, 0.3) is 0 Å². The number of alkyl halides is 5. The number of thiophene rings is 1. The highest BCUT2D eigenvalue weighted by Gasteiger charge is 2.56. The molecule has 1 aromatic carbocycles. The maximum atomic E-state index is 13.2. The van der Waals surface area contributed by atoms with Crippen LogP contribution >= 0.6 is 22.9 Å². The first-order valence-corrected chi connectivity index (χ1v) is 13.3. The van der Waals surface area contributed by atoms with Crippen LogP contribution in [0.1, 0.15) is 54.3 Å². The Hall–Kier alpha value is -1.76. The lowest BCUT2D eigenvalue weighted by atomic mass is 10.0. The van der Waals surface area contributed by atoms with Crippen LogP contribution in [0.2, 0.25) is 5.02 Å². The van der Waals surface area contributed by atoms with Crippen LogP contribution in [-0.4, -0.2) is 33.6 Å². The first kappa shape index (κ1) is 29.5. The molecule has 1 aromatic heterocycles. The van der Waals surface area contributed by atoms with Gasteiger partial charge in [-0.1, -0.05) is 18.0 Å². The number of benzene rings is 1. The van der Waals surface area contributed by atoms with E-state index in [2.05, 4.69) is 9.46 Å². The van der Waals surface area contributed by atoms with Crippen molar-refractivity contribution in [3.8, 4) is 0 Å². The van der Waals surface area contributed by atoms with Crippen molar-refractivity contribution in [1.29, 1.82) is 0 Å². The third-order valence-corrected chi connectivity index (χ3v) is 8.13. The van der Waals surface area contributed by atoms with E-state index >= 15 is 0 Å². The molecule has 5 nitrogen and oxygen atoms in total. The van der Waals surface area contributed by atoms with Gasteiger partial charge in [-0.2, -0.15) is 22.0 Å². The van der Waals surface area contributed by atoms with Crippen LogP contribution in [0.3, 0.4) is 0 Å². The molecule has 2 rings (SSSR count). The third kappa shape index (κ3) is 9.00. The van der Waals surface area contributed by atoms with Crippen molar-refractivity contribution in [2.75, 3.05) is 7.11 Å². The minimum atomic E-state index is -5.63. The van der Waals surface area contributed by atoms with Crippen molar-refractivity contribution in [2.24, 2.45) is 0 Å². The standard InChI is InChI=1S/C22H25ClF5NO4S2/c1-33-20(30)7-4-5-16-10-13-19(34-16)18(6-2-3-14-21(24,25)22(26,27)28)29-35(31,32)17-11-8-15(23)9-12-17/h8-13,18,29H,2-7,14H2,1H3. The van der Waals surface area contributed by atoms with Gasteiger partial charge in [0.25, 0.3) is 0 Å². The summed E-state index contributed by atoms with van der Waals surface area (Å²) in [5.74, 6) is -5.16. The zero-order chi connectivity index (χ0) is 26.3. The van der Waals surface area contributed by atoms with E-state index in [1.165, 1.54) is 42.7 Å². The zero-order valence-electron chi connectivity index (χ0n) is 18.7. The second-order valence-corrected chi connectivity index (χ2v) is 11.2. The van der Waals surface area contributed by atoms with Gasteiger partial charge in [-0.3, -0.25) is 4.79 Å². The first-order valence-electron chi connectivity index (χ1n) is 10.6. The number of carbonyl (C=O) groups excluding carboxylic acids is 1. The molecule has 0 saturated heterocycles. The Kier molecular flexibility index (Phi) is 10.5. The summed E-state index contributed by atoms with van der Waals surface area (Å²) in [5.41, 5.74) is 0. The van der Waals surface area contributed by atoms with E-state index in [0.717, 1.165) is 4.88 Å². The number of carbonyl (C=O) groups is 1. The lowest BCUT2D eigenvalue weighted by Crippen LogP contribution is -2.36. The number of sulfonamides is 1. The molecule has 0 amide bonds. The minimum absolute atomic E-state index is 0.0167. The van der Waals surface area contributed by atoms with Crippen LogP contribution in [0.5, 0.6) is 0 Å². The fourth-order valence-corrected chi connectivity index (χ4v) is 5.78. The van der Waals surface area contributed by atoms with Crippen molar-refractivity contribution in [2.45, 2.75) is 68.0 Å². The number of unbranched alkanes of at least 4 members (excludes halogenated alkanes) is 1. The molecule has 1 N–H and O–H groups in total. The van der Waals surface area contributed by atoms with Crippen molar-refractivity contribution in [3.05, 3.63) is 51.2 Å². The molecule has 1 unspecified atom stereocenters. The number of nitrogens with one attached hydrogen (secondary N) is 1. The minimum Gasteiger partial charge on any atom is -0.469 e. The summed E-state index contributed by atoms with van der Waals surface area (Å²) in [4.78, 5) is 12.7. The summed E-state index contributed by atoms with van der Waals surface area (Å²) < 4.78 is 96.6. The molecule has 0 bridgehead atoms. The smallest absolute Gasteiger partial charge is 0.453 e. The monoisotopic (exact) mass is 561 g/mol. The number of hydrogen-bond donors (Lipinski definition) is 1. The van der Waals surface area contributed by atoms with E-state index in [1.807, 2.05) is 0 Å². The number of esters is 1. The van der Waals surface area contributed by atoms with Gasteiger partial charge in [0, 0.05) is 27.6 Å². The summed E-state index contributed by atoms with van der Waals surface area (Å²) in [7, 11) is -2.74. The molecular weight excluding hydrogens is 537 g/mol. The Balaban J connectivity index is 2.13. The van der Waals surface area contributed by atoms with Crippen LogP contribution < -0.4 is 4.72 Å². The molecule has 2 aromatic rings. The highest BCUT2D eigenvalue weighted by molar-refractivity contribution is 7.89. The molecule has 13 heteroatoms. The van der Waals surface area contributed by atoms with E-state index in [4.69, 9.17) is 11.6 Å². The molecule has 0 aliphatic rings. The van der Waals surface area contributed by atoms with Gasteiger partial charge in [0.05, 0.1) is 18.0 Å². The fourth-order valence-electron chi connectivity index (χ4n) is 3.19. The van der Waals surface area contributed by atoms with Crippen molar-refractivity contribution < 1.29 is 39.9 Å². The Morgan fingerprint density at radius 1 is 1.06 bits per heavy atom. The molecule has 35 heavy (non-hydrogen) atoms. The molecular formula is C22H25ClF5NO4S2. The normalized spacial score (nSPS) is 13.6. The lowest BCUT2D eigenvalue weighted by molar-refractivity contribution is -0.284. The number of ether oxygens (including phenoxy) is 1. The van der Waals surface area contributed by atoms with E-state index < -0.39 is 41.0 Å². The van der Waals surface area contributed by atoms with Crippen LogP contribution in [0.15, 0.2) is 41.3 Å². The summed E-state index contributed by atoms with van der Waals surface area (Å²) in [5, 5.41) is 0.334. The lowest BCUT2D eigenvalue weighted by Gasteiger charge is -2.21. The average Bonchev–Trinajstić information content (AvgIpc) is 3.24. The molecule has 0 fully saturated rings. The molecule has 0 radical (unpaired) electrons. The van der Waals surface area contributed by atoms with Gasteiger partial charge in [0.15, 0.2) is 0 Å². The second kappa shape index (κ2) is 12.5. The first-order chi connectivity index (χ1) is 16.2. The Morgan fingerprint density at radius 3 is 2.31 bits per heavy atom. The van der Waals surface area contributed by atoms with Gasteiger partial charge in [0.1, 0.15) is 0 Å². The van der Waals surface area contributed by atoms with E-state index in [1.54, 1.807) is 12.1 Å². The maximum Gasteiger partial charge on any atom is 0.453 e. The van der Waals surface area contributed by atoms with Crippen molar-refractivity contribution in [1.82, 2.24) is 4.72 Å². The van der Waals surface area contributed by atoms with Crippen LogP contribution in [0, 0.1) is 0 Å². The average molecular weight is 562 g/mol. The van der Waals surface area contributed by atoms with Crippen LogP contribution in [0.4, 0.5) is 22.0 Å². The summed E-state index contributed by atoms with van der Waals surface area (Å²) in [6.07, 6.45) is -6.23. The number of hydrogen-bond acceptors (Lipinski definition) is 5. The predicted molar refractivity (Wildman–Crippen MR) is 123 cm³/mol. The van der Waals surface area contributed by atoms with E-state index in [0.29, 0.717) is 22.7 Å². The number of methoxy groups -OCH3 is 1. The Morgan fingerprint density at radius 2 is 1.71 bits per heavy atom. The molecule has 196 valence electrons. The van der Waals surface area contributed by atoms with Gasteiger partial charge < -0.3 is 4.74 Å². The second-order valence-electron chi connectivity index (χ2n) is 7.81. The van der Waals surface area contributed by atoms with Gasteiger partial charge in [0.2, 0.25) is 10.0 Å². The Bertz CT molecular complexity index is 1070. The molecule has 1 atom stereocenters. The predicted octanol–water partition coefficient (Wildman–Crippen LogP) is 6.67. The summed E-state index contributed by atoms with van der Waals surface area (Å²) >= 11 is 7.08. The third-order valence-electron chi connectivity index (χ3n) is 5.13. The highest BCUT2D eigenvalue weighted by Crippen LogP contribution is 2.39. The summed E-state index contributed by atoms with van der Waals surface area (Å²) in [6, 6.07) is 8.01. The summed E-state index contributed by atoms with van der Waals surface area (Å²) in [6.45, 7) is 0. The SMILES string of the molecule is COC(=O)CCCc1ccc(C(CCCCC(F)(F)C(F)(F)F)NS(=O)(=O)c2ccc(Cl)cc2)s1. The van der Waals surface area contributed by atoms with Gasteiger partial charge in [-0.15, -0.1) is 11.3 Å². The molecule has 1 heterocycles. The fraction of sp³-hybridized carbons (Fsp3) is 0.500. The number of aryl methyl sites for hydroxylation is 1. The quantitative estimate of drug-likeness (QED) is 0.168. The zero-order valence-corrected chi connectivity index (χ0v) is 21.1. The van der Waals surface area contributed by atoms with Crippen molar-refractivity contribution in [3.63, 3.8) is 0 Å². The van der Waals surface area contributed by atoms with Gasteiger partial charge in [-0.25, -0.2) is 13.1 Å². The molecule has 0 saturated carbocycles. The van der Waals surface area contributed by atoms with Crippen LogP contribution in [-0.2, 0) is 26.0 Å². The topological polar surface area (TPSA) is 72.5 Å². The molecule has 0 aliphatic carbocycles. The van der Waals surface area contributed by atoms with E-state index in [-0.39, 0.29) is 30.1 Å². The maximum absolute atomic E-state index is 13.2. The highest BCUT2D eigenvalue weighted by atomic mass is 35.5. The van der Waals surface area contributed by atoms with Gasteiger partial charge >= 0.3 is 18.1 Å². The number of halogens is 6. The molecule has 0 aliphatic heterocycles. The van der Waals surface area contributed by atoms with E-state index in [9.17, 15) is 35.2 Å². The molecule has 0 spiro atoms. The van der Waals surface area contributed by atoms with Gasteiger partial charge in [-0.05, 0) is 62.1 Å². The van der Waals surface area contributed by atoms with Crippen molar-refractivity contribution >= 4 is 38.9 Å². The largest absolute Gasteiger partial charge is 0.469 e.